The van der Waals surface area contributed by atoms with E-state index in [1.165, 1.54) is 4.57 Å². The minimum Gasteiger partial charge on any atom is -0.314 e. The SMILES string of the molecule is Cc1ccn(CCCC#N)c(=O)c1C#N. The van der Waals surface area contributed by atoms with E-state index in [9.17, 15) is 4.79 Å². The molecule has 4 heteroatoms. The molecule has 15 heavy (non-hydrogen) atoms. The third-order valence-electron chi connectivity index (χ3n) is 2.17. The fourth-order valence-corrected chi connectivity index (χ4v) is 1.31. The third kappa shape index (κ3) is 2.45. The van der Waals surface area contributed by atoms with E-state index in [-0.39, 0.29) is 11.1 Å². The molecule has 0 unspecified atom stereocenters. The maximum absolute atomic E-state index is 11.7. The van der Waals surface area contributed by atoms with E-state index in [1.54, 1.807) is 19.2 Å². The molecule has 1 rings (SSSR count). The van der Waals surface area contributed by atoms with Gasteiger partial charge in [-0.3, -0.25) is 4.79 Å². The zero-order chi connectivity index (χ0) is 11.3. The van der Waals surface area contributed by atoms with Crippen LogP contribution in [0.1, 0.15) is 24.0 Å². The van der Waals surface area contributed by atoms with Crippen LogP contribution in [0.25, 0.3) is 0 Å². The molecule has 0 radical (unpaired) electrons. The number of hydrogen-bond donors (Lipinski definition) is 0. The lowest BCUT2D eigenvalue weighted by Crippen LogP contribution is -2.22. The van der Waals surface area contributed by atoms with Crippen LogP contribution in [0.3, 0.4) is 0 Å². The Morgan fingerprint density at radius 2 is 2.20 bits per heavy atom. The molecule has 0 aliphatic heterocycles. The second kappa shape index (κ2) is 4.97. The predicted molar refractivity (Wildman–Crippen MR) is 55.0 cm³/mol. The van der Waals surface area contributed by atoms with E-state index in [4.69, 9.17) is 10.5 Å². The van der Waals surface area contributed by atoms with Crippen molar-refractivity contribution < 1.29 is 0 Å². The maximum Gasteiger partial charge on any atom is 0.268 e. The van der Waals surface area contributed by atoms with Crippen molar-refractivity contribution in [3.05, 3.63) is 33.7 Å². The first-order valence-electron chi connectivity index (χ1n) is 4.67. The molecule has 1 aromatic rings. The van der Waals surface area contributed by atoms with Crippen molar-refractivity contribution >= 4 is 0 Å². The van der Waals surface area contributed by atoms with Crippen molar-refractivity contribution in [1.82, 2.24) is 4.57 Å². The molecule has 0 spiro atoms. The van der Waals surface area contributed by atoms with Crippen LogP contribution in [-0.4, -0.2) is 4.57 Å². The van der Waals surface area contributed by atoms with Gasteiger partial charge in [-0.05, 0) is 25.0 Å². The number of nitriles is 2. The maximum atomic E-state index is 11.7. The summed E-state index contributed by atoms with van der Waals surface area (Å²) in [6, 6.07) is 5.66. The zero-order valence-corrected chi connectivity index (χ0v) is 8.53. The van der Waals surface area contributed by atoms with Crippen LogP contribution >= 0.6 is 0 Å². The van der Waals surface area contributed by atoms with Crippen LogP contribution < -0.4 is 5.56 Å². The number of aromatic nitrogens is 1. The molecule has 0 aliphatic rings. The molecule has 1 aromatic heterocycles. The molecule has 0 fully saturated rings. The Hall–Kier alpha value is -2.07. The number of nitrogens with zero attached hydrogens (tertiary/aromatic N) is 3. The van der Waals surface area contributed by atoms with Crippen LogP contribution in [0.4, 0.5) is 0 Å². The average Bonchev–Trinajstić information content (AvgIpc) is 2.22. The molecule has 0 N–H and O–H groups in total. The fourth-order valence-electron chi connectivity index (χ4n) is 1.31. The van der Waals surface area contributed by atoms with Gasteiger partial charge in [-0.25, -0.2) is 0 Å². The van der Waals surface area contributed by atoms with E-state index < -0.39 is 0 Å². The summed E-state index contributed by atoms with van der Waals surface area (Å²) >= 11 is 0. The Bertz CT molecular complexity index is 488. The highest BCUT2D eigenvalue weighted by Crippen LogP contribution is 2.00. The van der Waals surface area contributed by atoms with Crippen LogP contribution in [0.15, 0.2) is 17.1 Å². The van der Waals surface area contributed by atoms with E-state index in [0.29, 0.717) is 24.9 Å². The summed E-state index contributed by atoms with van der Waals surface area (Å²) in [6.45, 7) is 2.22. The van der Waals surface area contributed by atoms with Gasteiger partial charge in [0.15, 0.2) is 0 Å². The second-order valence-corrected chi connectivity index (χ2v) is 3.25. The van der Waals surface area contributed by atoms with Gasteiger partial charge in [-0.2, -0.15) is 10.5 Å². The molecule has 0 aliphatic carbocycles. The molecule has 4 nitrogen and oxygen atoms in total. The quantitative estimate of drug-likeness (QED) is 0.693. The first-order valence-corrected chi connectivity index (χ1v) is 4.67. The lowest BCUT2D eigenvalue weighted by Gasteiger charge is -2.05. The number of rotatable bonds is 3. The largest absolute Gasteiger partial charge is 0.314 e. The lowest BCUT2D eigenvalue weighted by molar-refractivity contribution is 0.629. The summed E-state index contributed by atoms with van der Waals surface area (Å²) in [7, 11) is 0. The molecular weight excluding hydrogens is 190 g/mol. The molecule has 0 aromatic carbocycles. The molecule has 0 atom stereocenters. The smallest absolute Gasteiger partial charge is 0.268 e. The third-order valence-corrected chi connectivity index (χ3v) is 2.17. The average molecular weight is 201 g/mol. The van der Waals surface area contributed by atoms with Crippen molar-refractivity contribution in [1.29, 1.82) is 10.5 Å². The standard InChI is InChI=1S/C11H11N3O/c1-9-4-7-14(6-3-2-5-12)11(15)10(9)8-13/h4,7H,2-3,6H2,1H3. The first kappa shape index (κ1) is 11.0. The second-order valence-electron chi connectivity index (χ2n) is 3.25. The summed E-state index contributed by atoms with van der Waals surface area (Å²) in [5.41, 5.74) is 0.615. The monoisotopic (exact) mass is 201 g/mol. The van der Waals surface area contributed by atoms with E-state index in [2.05, 4.69) is 0 Å². The van der Waals surface area contributed by atoms with Crippen molar-refractivity contribution in [2.75, 3.05) is 0 Å². The van der Waals surface area contributed by atoms with Crippen molar-refractivity contribution in [3.8, 4) is 12.1 Å². The van der Waals surface area contributed by atoms with E-state index in [0.717, 1.165) is 0 Å². The summed E-state index contributed by atoms with van der Waals surface area (Å²) < 4.78 is 1.48. The summed E-state index contributed by atoms with van der Waals surface area (Å²) in [6.07, 6.45) is 2.71. The minimum atomic E-state index is -0.268. The molecule has 1 heterocycles. The Morgan fingerprint density at radius 1 is 1.47 bits per heavy atom. The van der Waals surface area contributed by atoms with Crippen LogP contribution in [0, 0.1) is 29.6 Å². The number of pyridine rings is 1. The number of aryl methyl sites for hydroxylation is 2. The van der Waals surface area contributed by atoms with Gasteiger partial charge in [0.05, 0.1) is 6.07 Å². The van der Waals surface area contributed by atoms with Gasteiger partial charge in [0.1, 0.15) is 11.6 Å². The minimum absolute atomic E-state index is 0.189. The van der Waals surface area contributed by atoms with Gasteiger partial charge in [0, 0.05) is 19.2 Å². The highest BCUT2D eigenvalue weighted by atomic mass is 16.1. The molecule has 76 valence electrons. The molecule has 0 amide bonds. The van der Waals surface area contributed by atoms with Gasteiger partial charge in [0.2, 0.25) is 0 Å². The van der Waals surface area contributed by atoms with Crippen LogP contribution in [0.2, 0.25) is 0 Å². The highest BCUT2D eigenvalue weighted by molar-refractivity contribution is 5.33. The zero-order valence-electron chi connectivity index (χ0n) is 8.53. The summed E-state index contributed by atoms with van der Waals surface area (Å²) in [5.74, 6) is 0. The van der Waals surface area contributed by atoms with Gasteiger partial charge >= 0.3 is 0 Å². The topological polar surface area (TPSA) is 69.6 Å². The fraction of sp³-hybridized carbons (Fsp3) is 0.364. The molecule has 0 saturated carbocycles. The van der Waals surface area contributed by atoms with Gasteiger partial charge in [0.25, 0.3) is 5.56 Å². The first-order chi connectivity index (χ1) is 7.20. The van der Waals surface area contributed by atoms with Crippen LogP contribution in [-0.2, 0) is 6.54 Å². The Kier molecular flexibility index (Phi) is 3.65. The van der Waals surface area contributed by atoms with E-state index >= 15 is 0 Å². The number of unbranched alkanes of at least 4 members (excludes halogenated alkanes) is 1. The molecule has 0 bridgehead atoms. The number of hydrogen-bond acceptors (Lipinski definition) is 3. The van der Waals surface area contributed by atoms with Gasteiger partial charge in [-0.15, -0.1) is 0 Å². The normalized spacial score (nSPS) is 9.27. The Morgan fingerprint density at radius 3 is 2.80 bits per heavy atom. The van der Waals surface area contributed by atoms with Crippen molar-refractivity contribution in [2.45, 2.75) is 26.3 Å². The van der Waals surface area contributed by atoms with Crippen molar-refractivity contribution in [3.63, 3.8) is 0 Å². The van der Waals surface area contributed by atoms with Crippen molar-refractivity contribution in [2.24, 2.45) is 0 Å². The molecular formula is C11H11N3O. The Labute approximate surface area is 88.0 Å². The van der Waals surface area contributed by atoms with Gasteiger partial charge in [-0.1, -0.05) is 0 Å². The van der Waals surface area contributed by atoms with Gasteiger partial charge < -0.3 is 4.57 Å². The van der Waals surface area contributed by atoms with Crippen LogP contribution in [0.5, 0.6) is 0 Å². The predicted octanol–water partition coefficient (Wildman–Crippen LogP) is 1.33. The van der Waals surface area contributed by atoms with E-state index in [1.807, 2.05) is 12.1 Å². The summed E-state index contributed by atoms with van der Waals surface area (Å²) in [4.78, 5) is 11.7. The Balaban J connectivity index is 2.98. The summed E-state index contributed by atoms with van der Waals surface area (Å²) in [5, 5.41) is 17.1. The highest BCUT2D eigenvalue weighted by Gasteiger charge is 2.05. The molecule has 0 saturated heterocycles. The lowest BCUT2D eigenvalue weighted by atomic mass is 10.2.